The Labute approximate surface area is 111 Å². The molecule has 0 saturated heterocycles. The predicted molar refractivity (Wildman–Crippen MR) is 73.7 cm³/mol. The minimum absolute atomic E-state index is 0.718. The van der Waals surface area contributed by atoms with Crippen molar-refractivity contribution in [2.75, 3.05) is 0 Å². The number of aromatic nitrogens is 3. The zero-order chi connectivity index (χ0) is 13.4. The molecule has 4 heteroatoms. The third kappa shape index (κ3) is 2.00. The molecule has 3 rings (SSSR count). The van der Waals surface area contributed by atoms with Crippen molar-refractivity contribution in [1.82, 2.24) is 14.8 Å². The number of nitrogens with zero attached hydrogens (tertiary/aromatic N) is 3. The molecular weight excluding hydrogens is 238 g/mol. The fraction of sp³-hybridized carbons (Fsp3) is 0.200. The van der Waals surface area contributed by atoms with E-state index >= 15 is 0 Å². The number of benzene rings is 1. The van der Waals surface area contributed by atoms with Crippen LogP contribution >= 0.6 is 0 Å². The predicted octanol–water partition coefficient (Wildman–Crippen LogP) is 2.36. The lowest BCUT2D eigenvalue weighted by Crippen LogP contribution is -2.07. The molecule has 0 aliphatic carbocycles. The van der Waals surface area contributed by atoms with Crippen molar-refractivity contribution in [2.45, 2.75) is 13.0 Å². The van der Waals surface area contributed by atoms with Crippen LogP contribution < -0.4 is 0 Å². The van der Waals surface area contributed by atoms with Crippen LogP contribution in [-0.4, -0.2) is 19.9 Å². The van der Waals surface area contributed by atoms with E-state index in [-0.39, 0.29) is 0 Å². The Hall–Kier alpha value is -2.20. The average molecular weight is 253 g/mol. The van der Waals surface area contributed by atoms with Crippen LogP contribution in [0.25, 0.3) is 10.8 Å². The Morgan fingerprint density at radius 1 is 1.21 bits per heavy atom. The molecule has 3 aromatic rings. The highest BCUT2D eigenvalue weighted by Crippen LogP contribution is 2.27. The first kappa shape index (κ1) is 11.9. The van der Waals surface area contributed by atoms with E-state index in [9.17, 15) is 5.11 Å². The van der Waals surface area contributed by atoms with Gasteiger partial charge in [0.25, 0.3) is 0 Å². The van der Waals surface area contributed by atoms with Gasteiger partial charge in [0.1, 0.15) is 6.10 Å². The second-order valence-corrected chi connectivity index (χ2v) is 4.69. The van der Waals surface area contributed by atoms with Crippen molar-refractivity contribution < 1.29 is 5.11 Å². The van der Waals surface area contributed by atoms with E-state index in [1.165, 1.54) is 0 Å². The Balaban J connectivity index is 2.16. The topological polar surface area (TPSA) is 50.9 Å². The summed E-state index contributed by atoms with van der Waals surface area (Å²) in [4.78, 5) is 4.21. The van der Waals surface area contributed by atoms with Gasteiger partial charge >= 0.3 is 0 Å². The Morgan fingerprint density at radius 2 is 2.00 bits per heavy atom. The smallest absolute Gasteiger partial charge is 0.123 e. The quantitative estimate of drug-likeness (QED) is 0.762. The van der Waals surface area contributed by atoms with E-state index < -0.39 is 6.10 Å². The number of aliphatic hydroxyl groups is 1. The molecule has 0 spiro atoms. The van der Waals surface area contributed by atoms with Crippen LogP contribution in [-0.2, 0) is 7.05 Å². The zero-order valence-electron chi connectivity index (χ0n) is 10.9. The molecule has 2 heterocycles. The van der Waals surface area contributed by atoms with Crippen LogP contribution in [0.15, 0.2) is 42.7 Å². The fourth-order valence-corrected chi connectivity index (χ4v) is 2.40. The summed E-state index contributed by atoms with van der Waals surface area (Å²) in [5.74, 6) is 0. The summed E-state index contributed by atoms with van der Waals surface area (Å²) in [5, 5.41) is 16.9. The molecule has 0 aliphatic rings. The fourth-order valence-electron chi connectivity index (χ4n) is 2.40. The number of hydrogen-bond acceptors (Lipinski definition) is 3. The first-order valence-electron chi connectivity index (χ1n) is 6.18. The second-order valence-electron chi connectivity index (χ2n) is 4.69. The van der Waals surface area contributed by atoms with Crippen molar-refractivity contribution in [3.05, 3.63) is 59.7 Å². The summed E-state index contributed by atoms with van der Waals surface area (Å²) in [5.41, 5.74) is 2.47. The first-order chi connectivity index (χ1) is 9.16. The van der Waals surface area contributed by atoms with E-state index in [2.05, 4.69) is 10.1 Å². The Kier molecular flexibility index (Phi) is 2.80. The summed E-state index contributed by atoms with van der Waals surface area (Å²) in [6.45, 7) is 1.91. The van der Waals surface area contributed by atoms with Gasteiger partial charge in [0, 0.05) is 30.4 Å². The van der Waals surface area contributed by atoms with Crippen LogP contribution in [0.2, 0.25) is 0 Å². The molecule has 1 aromatic carbocycles. The van der Waals surface area contributed by atoms with E-state index in [0.29, 0.717) is 0 Å². The van der Waals surface area contributed by atoms with E-state index in [1.807, 2.05) is 44.3 Å². The van der Waals surface area contributed by atoms with Gasteiger partial charge in [-0.3, -0.25) is 9.67 Å². The number of rotatable bonds is 2. The van der Waals surface area contributed by atoms with Crippen molar-refractivity contribution in [1.29, 1.82) is 0 Å². The van der Waals surface area contributed by atoms with E-state index in [1.54, 1.807) is 17.1 Å². The highest BCUT2D eigenvalue weighted by atomic mass is 16.3. The molecule has 0 aliphatic heterocycles. The van der Waals surface area contributed by atoms with Gasteiger partial charge in [-0.25, -0.2) is 0 Å². The van der Waals surface area contributed by atoms with Crippen LogP contribution in [0.5, 0.6) is 0 Å². The molecule has 0 bridgehead atoms. The number of aliphatic hydroxyl groups excluding tert-OH is 1. The highest BCUT2D eigenvalue weighted by Gasteiger charge is 2.17. The van der Waals surface area contributed by atoms with E-state index in [0.717, 1.165) is 27.7 Å². The van der Waals surface area contributed by atoms with Crippen molar-refractivity contribution in [3.8, 4) is 0 Å². The van der Waals surface area contributed by atoms with Gasteiger partial charge in [0.2, 0.25) is 0 Å². The van der Waals surface area contributed by atoms with Crippen LogP contribution in [0.3, 0.4) is 0 Å². The molecule has 0 radical (unpaired) electrons. The lowest BCUT2D eigenvalue weighted by atomic mass is 10.0. The molecule has 4 nitrogen and oxygen atoms in total. The van der Waals surface area contributed by atoms with Crippen molar-refractivity contribution in [2.24, 2.45) is 7.05 Å². The lowest BCUT2D eigenvalue weighted by molar-refractivity contribution is 0.211. The second kappa shape index (κ2) is 4.48. The third-order valence-electron chi connectivity index (χ3n) is 3.31. The van der Waals surface area contributed by atoms with Gasteiger partial charge in [-0.15, -0.1) is 0 Å². The molecule has 1 unspecified atom stereocenters. The summed E-state index contributed by atoms with van der Waals surface area (Å²) >= 11 is 0. The maximum absolute atomic E-state index is 10.6. The SMILES string of the molecule is Cc1cc(C(O)c2cncc3ccccc23)n(C)n1. The molecule has 19 heavy (non-hydrogen) atoms. The van der Waals surface area contributed by atoms with Gasteiger partial charge in [0.05, 0.1) is 11.4 Å². The van der Waals surface area contributed by atoms with Gasteiger partial charge in [-0.2, -0.15) is 5.10 Å². The number of fused-ring (bicyclic) bond motifs is 1. The Bertz CT molecular complexity index is 728. The average Bonchev–Trinajstić information content (AvgIpc) is 2.76. The molecule has 1 N–H and O–H groups in total. The summed E-state index contributed by atoms with van der Waals surface area (Å²) in [7, 11) is 1.84. The van der Waals surface area contributed by atoms with Gasteiger partial charge < -0.3 is 5.11 Å². The lowest BCUT2D eigenvalue weighted by Gasteiger charge is -2.13. The minimum atomic E-state index is -0.718. The maximum atomic E-state index is 10.6. The van der Waals surface area contributed by atoms with Crippen LogP contribution in [0.1, 0.15) is 23.1 Å². The third-order valence-corrected chi connectivity index (χ3v) is 3.31. The van der Waals surface area contributed by atoms with Crippen LogP contribution in [0.4, 0.5) is 0 Å². The van der Waals surface area contributed by atoms with Gasteiger partial charge in [0.15, 0.2) is 0 Å². The number of hydrogen-bond donors (Lipinski definition) is 1. The Morgan fingerprint density at radius 3 is 2.74 bits per heavy atom. The molecule has 2 aromatic heterocycles. The number of aryl methyl sites for hydroxylation is 2. The highest BCUT2D eigenvalue weighted by molar-refractivity contribution is 5.85. The van der Waals surface area contributed by atoms with Crippen molar-refractivity contribution >= 4 is 10.8 Å². The van der Waals surface area contributed by atoms with Gasteiger partial charge in [-0.05, 0) is 18.4 Å². The zero-order valence-corrected chi connectivity index (χ0v) is 10.9. The maximum Gasteiger partial charge on any atom is 0.123 e. The summed E-state index contributed by atoms with van der Waals surface area (Å²) < 4.78 is 1.71. The number of pyridine rings is 1. The summed E-state index contributed by atoms with van der Waals surface area (Å²) in [6.07, 6.45) is 2.81. The first-order valence-corrected chi connectivity index (χ1v) is 6.18. The van der Waals surface area contributed by atoms with Crippen molar-refractivity contribution in [3.63, 3.8) is 0 Å². The molecule has 1 atom stereocenters. The van der Waals surface area contributed by atoms with Crippen LogP contribution in [0, 0.1) is 6.92 Å². The minimum Gasteiger partial charge on any atom is -0.382 e. The largest absolute Gasteiger partial charge is 0.382 e. The molecule has 96 valence electrons. The van der Waals surface area contributed by atoms with E-state index in [4.69, 9.17) is 0 Å². The summed E-state index contributed by atoms with van der Waals surface area (Å²) in [6, 6.07) is 9.82. The standard InChI is InChI=1S/C15H15N3O/c1-10-7-14(18(2)17-10)15(19)13-9-16-8-11-5-3-4-6-12(11)13/h3-9,15,19H,1-2H3. The molecular formula is C15H15N3O. The molecule has 0 fully saturated rings. The molecule has 0 saturated carbocycles. The monoisotopic (exact) mass is 253 g/mol. The normalized spacial score (nSPS) is 12.8. The van der Waals surface area contributed by atoms with Gasteiger partial charge in [-0.1, -0.05) is 24.3 Å². The molecule has 0 amide bonds.